The number of aromatic amines is 1. The van der Waals surface area contributed by atoms with Crippen molar-refractivity contribution in [3.63, 3.8) is 0 Å². The van der Waals surface area contributed by atoms with Crippen LogP contribution in [0.3, 0.4) is 0 Å². The Hall–Kier alpha value is -2.89. The number of nitrogens with one attached hydrogen (secondary N) is 1. The summed E-state index contributed by atoms with van der Waals surface area (Å²) in [4.78, 5) is 21.9. The summed E-state index contributed by atoms with van der Waals surface area (Å²) >= 11 is 0. The van der Waals surface area contributed by atoms with E-state index in [2.05, 4.69) is 9.97 Å². The molecule has 1 amide bonds. The number of likely N-dealkylation sites (tertiary alicyclic amines) is 1. The van der Waals surface area contributed by atoms with Crippen LogP contribution >= 0.6 is 0 Å². The number of pyridine rings is 1. The zero-order valence-electron chi connectivity index (χ0n) is 16.2. The van der Waals surface area contributed by atoms with Crippen molar-refractivity contribution >= 4 is 16.9 Å². The summed E-state index contributed by atoms with van der Waals surface area (Å²) in [5, 5.41) is 0.844. The first-order valence-corrected chi connectivity index (χ1v) is 10.4. The summed E-state index contributed by atoms with van der Waals surface area (Å²) in [5.41, 5.74) is 2.11. The second-order valence-corrected chi connectivity index (χ2v) is 8.02. The number of H-pyrrole nitrogens is 1. The third-order valence-electron chi connectivity index (χ3n) is 6.23. The molecule has 0 atom stereocenters. The molecule has 6 heteroatoms. The Kier molecular flexibility index (Phi) is 4.70. The number of nitrogens with zero attached hydrogens (tertiary/aromatic N) is 2. The maximum Gasteiger partial charge on any atom is 0.253 e. The molecule has 3 aromatic rings. The molecular weight excluding hydrogens is 369 g/mol. The molecule has 29 heavy (non-hydrogen) atoms. The number of carbonyl (C=O) groups excluding carboxylic acids is 1. The lowest BCUT2D eigenvalue weighted by Gasteiger charge is -2.32. The standard InChI is InChI=1S/C23H24FN3O2/c24-20-14-26-22-19(8-11-25-22)21(20)15-9-12-27(13-10-15)23(28)16-4-6-18(7-5-16)29-17-2-1-3-17/h4-8,11,14-15,17H,1-3,9-10,12-13H2,(H,25,26). The molecule has 1 aliphatic carbocycles. The summed E-state index contributed by atoms with van der Waals surface area (Å²) in [7, 11) is 0. The lowest BCUT2D eigenvalue weighted by molar-refractivity contribution is 0.0712. The zero-order chi connectivity index (χ0) is 19.8. The number of aromatic nitrogens is 2. The number of fused-ring (bicyclic) bond motifs is 1. The number of halogens is 1. The van der Waals surface area contributed by atoms with Crippen LogP contribution in [0.15, 0.2) is 42.7 Å². The third-order valence-corrected chi connectivity index (χ3v) is 6.23. The summed E-state index contributed by atoms with van der Waals surface area (Å²) in [6, 6.07) is 9.33. The molecule has 0 spiro atoms. The van der Waals surface area contributed by atoms with Crippen molar-refractivity contribution in [1.82, 2.24) is 14.9 Å². The first kappa shape index (κ1) is 18.2. The van der Waals surface area contributed by atoms with Gasteiger partial charge in [0.25, 0.3) is 5.91 Å². The van der Waals surface area contributed by atoms with Gasteiger partial charge in [-0.2, -0.15) is 0 Å². The number of benzene rings is 1. The topological polar surface area (TPSA) is 58.2 Å². The lowest BCUT2D eigenvalue weighted by Crippen LogP contribution is -2.38. The van der Waals surface area contributed by atoms with Gasteiger partial charge in [0.15, 0.2) is 0 Å². The van der Waals surface area contributed by atoms with Crippen molar-refractivity contribution in [3.05, 3.63) is 59.7 Å². The van der Waals surface area contributed by atoms with Crippen LogP contribution in [0.5, 0.6) is 5.75 Å². The highest BCUT2D eigenvalue weighted by atomic mass is 19.1. The fourth-order valence-corrected chi connectivity index (χ4v) is 4.33. The first-order chi connectivity index (χ1) is 14.2. The summed E-state index contributed by atoms with van der Waals surface area (Å²) < 4.78 is 20.4. The van der Waals surface area contributed by atoms with Crippen LogP contribution in [0.1, 0.15) is 53.9 Å². The molecule has 0 radical (unpaired) electrons. The Morgan fingerprint density at radius 3 is 2.55 bits per heavy atom. The predicted octanol–water partition coefficient (Wildman–Crippen LogP) is 4.65. The highest BCUT2D eigenvalue weighted by Crippen LogP contribution is 2.34. The Morgan fingerprint density at radius 1 is 1.10 bits per heavy atom. The van der Waals surface area contributed by atoms with E-state index >= 15 is 0 Å². The second-order valence-electron chi connectivity index (χ2n) is 8.02. The Morgan fingerprint density at radius 2 is 1.86 bits per heavy atom. The minimum atomic E-state index is -0.260. The molecule has 1 N–H and O–H groups in total. The Labute approximate surface area is 168 Å². The van der Waals surface area contributed by atoms with E-state index in [1.165, 1.54) is 12.6 Å². The van der Waals surface area contributed by atoms with E-state index in [9.17, 15) is 9.18 Å². The number of ether oxygens (including phenoxy) is 1. The van der Waals surface area contributed by atoms with Crippen LogP contribution in [0.4, 0.5) is 4.39 Å². The average molecular weight is 393 g/mol. The van der Waals surface area contributed by atoms with E-state index in [0.717, 1.165) is 42.4 Å². The van der Waals surface area contributed by atoms with Gasteiger partial charge in [-0.05, 0) is 68.4 Å². The van der Waals surface area contributed by atoms with Crippen molar-refractivity contribution in [2.45, 2.75) is 44.1 Å². The molecule has 0 unspecified atom stereocenters. The van der Waals surface area contributed by atoms with Crippen LogP contribution < -0.4 is 4.74 Å². The molecule has 2 fully saturated rings. The highest BCUT2D eigenvalue weighted by Gasteiger charge is 2.28. The maximum absolute atomic E-state index is 14.5. The van der Waals surface area contributed by atoms with E-state index in [1.807, 2.05) is 35.2 Å². The molecule has 5 nitrogen and oxygen atoms in total. The quantitative estimate of drug-likeness (QED) is 0.702. The van der Waals surface area contributed by atoms with Gasteiger partial charge in [0.05, 0.1) is 12.3 Å². The molecule has 2 aromatic heterocycles. The van der Waals surface area contributed by atoms with Gasteiger partial charge in [0.2, 0.25) is 0 Å². The lowest BCUT2D eigenvalue weighted by atomic mass is 9.87. The molecule has 3 heterocycles. The largest absolute Gasteiger partial charge is 0.490 e. The summed E-state index contributed by atoms with van der Waals surface area (Å²) in [6.07, 6.45) is 8.36. The Balaban J connectivity index is 1.24. The zero-order valence-corrected chi connectivity index (χ0v) is 16.2. The van der Waals surface area contributed by atoms with Gasteiger partial charge >= 0.3 is 0 Å². The molecule has 1 aromatic carbocycles. The molecular formula is C23H24FN3O2. The minimum Gasteiger partial charge on any atom is -0.490 e. The van der Waals surface area contributed by atoms with Crippen molar-refractivity contribution in [2.75, 3.05) is 13.1 Å². The third kappa shape index (κ3) is 3.48. The van der Waals surface area contributed by atoms with Crippen LogP contribution in [-0.4, -0.2) is 40.0 Å². The van der Waals surface area contributed by atoms with Gasteiger partial charge in [-0.15, -0.1) is 0 Å². The van der Waals surface area contributed by atoms with Crippen LogP contribution in [0.2, 0.25) is 0 Å². The fourth-order valence-electron chi connectivity index (χ4n) is 4.33. The van der Waals surface area contributed by atoms with Gasteiger partial charge in [-0.3, -0.25) is 4.79 Å². The fraction of sp³-hybridized carbons (Fsp3) is 0.391. The van der Waals surface area contributed by atoms with Gasteiger partial charge in [-0.1, -0.05) is 0 Å². The SMILES string of the molecule is O=C(c1ccc(OC2CCC2)cc1)N1CCC(c2c(F)cnc3[nH]ccc23)CC1. The van der Waals surface area contributed by atoms with Gasteiger partial charge < -0.3 is 14.6 Å². The second kappa shape index (κ2) is 7.50. The number of piperidine rings is 1. The monoisotopic (exact) mass is 393 g/mol. The number of carbonyl (C=O) groups is 1. The van der Waals surface area contributed by atoms with Crippen LogP contribution in [0, 0.1) is 5.82 Å². The van der Waals surface area contributed by atoms with Crippen LogP contribution in [0.25, 0.3) is 11.0 Å². The number of hydrogen-bond acceptors (Lipinski definition) is 3. The molecule has 5 rings (SSSR count). The summed E-state index contributed by atoms with van der Waals surface area (Å²) in [6.45, 7) is 1.25. The summed E-state index contributed by atoms with van der Waals surface area (Å²) in [5.74, 6) is 0.691. The van der Waals surface area contributed by atoms with Crippen molar-refractivity contribution in [2.24, 2.45) is 0 Å². The van der Waals surface area contributed by atoms with Crippen molar-refractivity contribution in [3.8, 4) is 5.75 Å². The molecule has 1 saturated carbocycles. The van der Waals surface area contributed by atoms with E-state index in [1.54, 1.807) is 6.20 Å². The van der Waals surface area contributed by atoms with Gasteiger partial charge in [-0.25, -0.2) is 9.37 Å². The minimum absolute atomic E-state index is 0.0284. The molecule has 150 valence electrons. The molecule has 0 bridgehead atoms. The van der Waals surface area contributed by atoms with E-state index < -0.39 is 0 Å². The number of amides is 1. The highest BCUT2D eigenvalue weighted by molar-refractivity contribution is 5.94. The smallest absolute Gasteiger partial charge is 0.253 e. The van der Waals surface area contributed by atoms with Gasteiger partial charge in [0.1, 0.15) is 17.2 Å². The maximum atomic E-state index is 14.5. The average Bonchev–Trinajstić information content (AvgIpc) is 3.19. The normalized spacial score (nSPS) is 18.0. The van der Waals surface area contributed by atoms with E-state index in [0.29, 0.717) is 30.4 Å². The Bertz CT molecular complexity index is 1020. The van der Waals surface area contributed by atoms with Gasteiger partial charge in [0, 0.05) is 35.8 Å². The van der Waals surface area contributed by atoms with E-state index in [4.69, 9.17) is 4.74 Å². The first-order valence-electron chi connectivity index (χ1n) is 10.4. The molecule has 1 saturated heterocycles. The van der Waals surface area contributed by atoms with Crippen LogP contribution in [-0.2, 0) is 0 Å². The number of hydrogen-bond donors (Lipinski definition) is 1. The van der Waals surface area contributed by atoms with E-state index in [-0.39, 0.29) is 17.6 Å². The van der Waals surface area contributed by atoms with Crippen molar-refractivity contribution in [1.29, 1.82) is 0 Å². The molecule has 1 aliphatic heterocycles. The van der Waals surface area contributed by atoms with Crippen molar-refractivity contribution < 1.29 is 13.9 Å². The number of rotatable bonds is 4. The predicted molar refractivity (Wildman–Crippen MR) is 109 cm³/mol. The molecule has 2 aliphatic rings.